The van der Waals surface area contributed by atoms with Gasteiger partial charge in [-0.2, -0.15) is 0 Å². The van der Waals surface area contributed by atoms with Gasteiger partial charge in [0.05, 0.1) is 13.7 Å². The smallest absolute Gasteiger partial charge is 0.408 e. The van der Waals surface area contributed by atoms with Gasteiger partial charge in [0.1, 0.15) is 23.7 Å². The van der Waals surface area contributed by atoms with Crippen LogP contribution < -0.4 is 16.0 Å². The Kier molecular flexibility index (Phi) is 11.3. The molecule has 1 saturated heterocycles. The predicted octanol–water partition coefficient (Wildman–Crippen LogP) is 0.259. The normalized spacial score (nSPS) is 25.0. The van der Waals surface area contributed by atoms with E-state index in [4.69, 9.17) is 18.9 Å². The van der Waals surface area contributed by atoms with Gasteiger partial charge < -0.3 is 34.9 Å². The molecule has 3 amide bonds. The van der Waals surface area contributed by atoms with Gasteiger partial charge in [-0.1, -0.05) is 0 Å². The summed E-state index contributed by atoms with van der Waals surface area (Å²) in [7, 11) is 1.23. The molecule has 0 radical (unpaired) electrons. The van der Waals surface area contributed by atoms with Crippen molar-refractivity contribution in [2.24, 2.45) is 0 Å². The molecule has 0 aliphatic carbocycles. The van der Waals surface area contributed by atoms with Crippen molar-refractivity contribution in [2.75, 3.05) is 33.5 Å². The average Bonchev–Trinajstić information content (AvgIpc) is 2.67. The van der Waals surface area contributed by atoms with Crippen LogP contribution in [0.15, 0.2) is 0 Å². The summed E-state index contributed by atoms with van der Waals surface area (Å²) in [6.07, 6.45) is 0.858. The summed E-state index contributed by atoms with van der Waals surface area (Å²) in [4.78, 5) is 49.2. The minimum Gasteiger partial charge on any atom is -0.467 e. The maximum atomic E-state index is 12.7. The summed E-state index contributed by atoms with van der Waals surface area (Å²) in [5.74, 6) is -1.79. The number of amides is 3. The number of methoxy groups -OCH3 is 1. The number of ether oxygens (including phenoxy) is 4. The van der Waals surface area contributed by atoms with Crippen molar-refractivity contribution in [3.63, 3.8) is 0 Å². The zero-order valence-electron chi connectivity index (χ0n) is 18.9. The second-order valence-corrected chi connectivity index (χ2v) is 8.20. The fourth-order valence-electron chi connectivity index (χ4n) is 2.61. The number of carbonyl (C=O) groups is 4. The molecule has 3 atom stereocenters. The van der Waals surface area contributed by atoms with E-state index in [1.807, 2.05) is 0 Å². The van der Waals surface area contributed by atoms with Crippen LogP contribution in [0.5, 0.6) is 0 Å². The molecule has 0 saturated carbocycles. The Morgan fingerprint density at radius 3 is 2.29 bits per heavy atom. The molecule has 0 unspecified atom stereocenters. The molecular formula is C20H35N3O8. The Hall–Kier alpha value is -2.40. The van der Waals surface area contributed by atoms with Crippen LogP contribution in [0.2, 0.25) is 0 Å². The Balaban J connectivity index is 2.87. The van der Waals surface area contributed by atoms with Crippen molar-refractivity contribution in [3.05, 3.63) is 0 Å². The lowest BCUT2D eigenvalue weighted by atomic mass is 10.2. The molecule has 1 aliphatic rings. The van der Waals surface area contributed by atoms with Crippen molar-refractivity contribution in [2.45, 2.75) is 70.7 Å². The molecule has 178 valence electrons. The molecule has 1 rings (SSSR count). The fraction of sp³-hybridized carbons (Fsp3) is 0.800. The van der Waals surface area contributed by atoms with Crippen molar-refractivity contribution >= 4 is 23.9 Å². The summed E-state index contributed by atoms with van der Waals surface area (Å²) in [6, 6.07) is -2.94. The Morgan fingerprint density at radius 2 is 1.68 bits per heavy atom. The van der Waals surface area contributed by atoms with E-state index in [1.165, 1.54) is 14.0 Å². The standard InChI is InChI=1S/C20H35N3O8/c1-13-16(24)22-14(18(26)28-5)8-11-29-9-6-7-10-30-12-15(17(25)21-13)23-19(27)31-20(2,3)4/h13-15H,6-12H2,1-5H3,(H,21,25)(H,22,24)(H,23,27)/t13-,14-,15-/m0/s1. The predicted molar refractivity (Wildman–Crippen MR) is 110 cm³/mol. The second kappa shape index (κ2) is 13.1. The van der Waals surface area contributed by atoms with Crippen LogP contribution in [-0.2, 0) is 33.3 Å². The van der Waals surface area contributed by atoms with Gasteiger partial charge >= 0.3 is 12.1 Å². The molecule has 11 nitrogen and oxygen atoms in total. The van der Waals surface area contributed by atoms with Crippen molar-refractivity contribution in [1.82, 2.24) is 16.0 Å². The molecule has 0 aromatic carbocycles. The van der Waals surface area contributed by atoms with E-state index in [1.54, 1.807) is 20.8 Å². The first-order valence-electron chi connectivity index (χ1n) is 10.4. The zero-order valence-corrected chi connectivity index (χ0v) is 18.9. The number of esters is 1. The Labute approximate surface area is 182 Å². The van der Waals surface area contributed by atoms with Gasteiger partial charge in [0.15, 0.2) is 0 Å². The number of alkyl carbamates (subject to hydrolysis) is 1. The van der Waals surface area contributed by atoms with Crippen LogP contribution in [0, 0.1) is 0 Å². The average molecular weight is 446 g/mol. The van der Waals surface area contributed by atoms with Crippen molar-refractivity contribution in [3.8, 4) is 0 Å². The van der Waals surface area contributed by atoms with Crippen LogP contribution in [0.4, 0.5) is 4.79 Å². The third kappa shape index (κ3) is 11.0. The van der Waals surface area contributed by atoms with Crippen LogP contribution in [0.3, 0.4) is 0 Å². The quantitative estimate of drug-likeness (QED) is 0.514. The largest absolute Gasteiger partial charge is 0.467 e. The minimum absolute atomic E-state index is 0.0922. The number of hydrogen-bond donors (Lipinski definition) is 3. The first-order valence-corrected chi connectivity index (χ1v) is 10.4. The molecule has 1 fully saturated rings. The molecule has 11 heteroatoms. The summed E-state index contributed by atoms with van der Waals surface area (Å²) in [6.45, 7) is 7.57. The van der Waals surface area contributed by atoms with E-state index < -0.39 is 47.6 Å². The molecule has 0 aromatic heterocycles. The highest BCUT2D eigenvalue weighted by Crippen LogP contribution is 2.07. The summed E-state index contributed by atoms with van der Waals surface area (Å²) < 4.78 is 20.9. The van der Waals surface area contributed by atoms with E-state index in [0.29, 0.717) is 26.1 Å². The highest BCUT2D eigenvalue weighted by atomic mass is 16.6. The lowest BCUT2D eigenvalue weighted by Gasteiger charge is -2.25. The van der Waals surface area contributed by atoms with Gasteiger partial charge in [0, 0.05) is 26.2 Å². The Bertz CT molecular complexity index is 620. The highest BCUT2D eigenvalue weighted by Gasteiger charge is 2.29. The monoisotopic (exact) mass is 445 g/mol. The molecule has 0 aromatic rings. The van der Waals surface area contributed by atoms with Gasteiger partial charge in [0.2, 0.25) is 11.8 Å². The van der Waals surface area contributed by atoms with Crippen molar-refractivity contribution < 1.29 is 38.1 Å². The van der Waals surface area contributed by atoms with Gasteiger partial charge in [-0.25, -0.2) is 9.59 Å². The fourth-order valence-corrected chi connectivity index (χ4v) is 2.61. The molecule has 0 bridgehead atoms. The van der Waals surface area contributed by atoms with Gasteiger partial charge in [-0.15, -0.1) is 0 Å². The van der Waals surface area contributed by atoms with Crippen LogP contribution in [0.1, 0.15) is 47.0 Å². The first kappa shape index (κ1) is 26.6. The third-order valence-corrected chi connectivity index (χ3v) is 4.22. The maximum Gasteiger partial charge on any atom is 0.408 e. The Morgan fingerprint density at radius 1 is 1.03 bits per heavy atom. The van der Waals surface area contributed by atoms with Gasteiger partial charge in [-0.05, 0) is 40.5 Å². The molecule has 3 N–H and O–H groups in total. The molecule has 0 spiro atoms. The van der Waals surface area contributed by atoms with E-state index in [2.05, 4.69) is 16.0 Å². The number of carbonyl (C=O) groups excluding carboxylic acids is 4. The maximum absolute atomic E-state index is 12.7. The van der Waals surface area contributed by atoms with Crippen molar-refractivity contribution in [1.29, 1.82) is 0 Å². The SMILES string of the molecule is COC(=O)[C@@H]1CCOCCCCOC[C@H](NC(=O)OC(C)(C)C)C(=O)N[C@@H](C)C(=O)N1. The van der Waals surface area contributed by atoms with E-state index in [-0.39, 0.29) is 19.6 Å². The summed E-state index contributed by atoms with van der Waals surface area (Å²) in [5, 5.41) is 7.55. The number of nitrogens with one attached hydrogen (secondary N) is 3. The summed E-state index contributed by atoms with van der Waals surface area (Å²) in [5.41, 5.74) is -0.740. The number of rotatable bonds is 2. The lowest BCUT2D eigenvalue weighted by molar-refractivity contribution is -0.146. The van der Waals surface area contributed by atoms with Gasteiger partial charge in [-0.3, -0.25) is 9.59 Å². The van der Waals surface area contributed by atoms with E-state index in [9.17, 15) is 19.2 Å². The third-order valence-electron chi connectivity index (χ3n) is 4.22. The highest BCUT2D eigenvalue weighted by molar-refractivity contribution is 5.92. The number of hydrogen-bond acceptors (Lipinski definition) is 8. The zero-order chi connectivity index (χ0) is 23.4. The van der Waals surface area contributed by atoms with Crippen LogP contribution in [-0.4, -0.2) is 81.1 Å². The van der Waals surface area contributed by atoms with E-state index in [0.717, 1.165) is 0 Å². The van der Waals surface area contributed by atoms with E-state index >= 15 is 0 Å². The van der Waals surface area contributed by atoms with Gasteiger partial charge in [0.25, 0.3) is 0 Å². The molecule has 1 heterocycles. The second-order valence-electron chi connectivity index (χ2n) is 8.20. The summed E-state index contributed by atoms with van der Waals surface area (Å²) >= 11 is 0. The molecule has 31 heavy (non-hydrogen) atoms. The minimum atomic E-state index is -1.06. The molecule has 1 aliphatic heterocycles. The van der Waals surface area contributed by atoms with Crippen LogP contribution >= 0.6 is 0 Å². The first-order chi connectivity index (χ1) is 14.5. The molecular weight excluding hydrogens is 410 g/mol. The topological polar surface area (TPSA) is 141 Å². The van der Waals surface area contributed by atoms with Crippen LogP contribution in [0.25, 0.3) is 0 Å². The lowest BCUT2D eigenvalue weighted by Crippen LogP contribution is -2.56.